The summed E-state index contributed by atoms with van der Waals surface area (Å²) in [6, 6.07) is 21.0. The fourth-order valence-electron chi connectivity index (χ4n) is 2.51. The lowest BCUT2D eigenvalue weighted by Gasteiger charge is -2.11. The fraction of sp³-hybridized carbons (Fsp3) is 0.0476. The van der Waals surface area contributed by atoms with Crippen LogP contribution < -0.4 is 10.6 Å². The van der Waals surface area contributed by atoms with Gasteiger partial charge in [-0.1, -0.05) is 29.8 Å². The van der Waals surface area contributed by atoms with E-state index in [1.807, 2.05) is 18.2 Å². The topological polar surface area (TPSA) is 67.4 Å². The van der Waals surface area contributed by atoms with Crippen molar-refractivity contribution >= 4 is 40.5 Å². The van der Waals surface area contributed by atoms with Crippen LogP contribution in [-0.2, 0) is 4.74 Å². The molecule has 0 aliphatic heterocycles. The van der Waals surface area contributed by atoms with Crippen molar-refractivity contribution in [1.29, 1.82) is 0 Å². The minimum atomic E-state index is -0.413. The number of ether oxygens (including phenoxy) is 1. The maximum Gasteiger partial charge on any atom is 0.339 e. The summed E-state index contributed by atoms with van der Waals surface area (Å²) in [6.07, 6.45) is 0. The number of hydrogen-bond donors (Lipinski definition) is 2. The zero-order valence-corrected chi connectivity index (χ0v) is 15.3. The van der Waals surface area contributed by atoms with Crippen molar-refractivity contribution in [2.24, 2.45) is 0 Å². The van der Waals surface area contributed by atoms with Gasteiger partial charge in [0.1, 0.15) is 0 Å². The SMILES string of the molecule is COC(=O)c1ccccc1Nc1ccc(NC(=O)c2cccc(Cl)c2)cc1. The third-order valence-electron chi connectivity index (χ3n) is 3.84. The molecule has 0 saturated heterocycles. The molecule has 3 aromatic carbocycles. The minimum Gasteiger partial charge on any atom is -0.465 e. The highest BCUT2D eigenvalue weighted by Crippen LogP contribution is 2.23. The van der Waals surface area contributed by atoms with Gasteiger partial charge in [0.15, 0.2) is 0 Å². The molecule has 0 unspecified atom stereocenters. The van der Waals surface area contributed by atoms with Crippen LogP contribution in [0, 0.1) is 0 Å². The van der Waals surface area contributed by atoms with Crippen LogP contribution in [0.15, 0.2) is 72.8 Å². The molecule has 0 spiro atoms. The van der Waals surface area contributed by atoms with Crippen molar-refractivity contribution < 1.29 is 14.3 Å². The van der Waals surface area contributed by atoms with E-state index in [0.717, 1.165) is 5.69 Å². The van der Waals surface area contributed by atoms with Gasteiger partial charge in [0.25, 0.3) is 5.91 Å². The second kappa shape index (κ2) is 8.38. The van der Waals surface area contributed by atoms with Gasteiger partial charge in [0.2, 0.25) is 0 Å². The summed E-state index contributed by atoms with van der Waals surface area (Å²) in [5.74, 6) is -0.655. The Morgan fingerprint density at radius 3 is 2.30 bits per heavy atom. The molecule has 0 bridgehead atoms. The summed E-state index contributed by atoms with van der Waals surface area (Å²) < 4.78 is 4.79. The minimum absolute atomic E-state index is 0.241. The van der Waals surface area contributed by atoms with Crippen LogP contribution in [0.2, 0.25) is 5.02 Å². The van der Waals surface area contributed by atoms with E-state index in [0.29, 0.717) is 27.5 Å². The van der Waals surface area contributed by atoms with Crippen molar-refractivity contribution in [2.75, 3.05) is 17.7 Å². The number of amides is 1. The molecular weight excluding hydrogens is 364 g/mol. The molecule has 0 fully saturated rings. The number of carbonyl (C=O) groups excluding carboxylic acids is 2. The summed E-state index contributed by atoms with van der Waals surface area (Å²) in [5, 5.41) is 6.50. The van der Waals surface area contributed by atoms with Crippen molar-refractivity contribution in [3.8, 4) is 0 Å². The monoisotopic (exact) mass is 380 g/mol. The molecule has 1 amide bonds. The molecule has 0 aliphatic carbocycles. The molecule has 0 saturated carbocycles. The zero-order chi connectivity index (χ0) is 19.2. The van der Waals surface area contributed by atoms with Gasteiger partial charge in [-0.05, 0) is 54.6 Å². The third kappa shape index (κ3) is 4.65. The lowest BCUT2D eigenvalue weighted by Crippen LogP contribution is -2.11. The molecule has 0 radical (unpaired) electrons. The highest BCUT2D eigenvalue weighted by Gasteiger charge is 2.11. The van der Waals surface area contributed by atoms with Crippen molar-refractivity contribution in [3.05, 3.63) is 88.9 Å². The smallest absolute Gasteiger partial charge is 0.339 e. The van der Waals surface area contributed by atoms with Crippen LogP contribution in [0.25, 0.3) is 0 Å². The third-order valence-corrected chi connectivity index (χ3v) is 4.08. The Hall–Kier alpha value is -3.31. The largest absolute Gasteiger partial charge is 0.465 e. The van der Waals surface area contributed by atoms with Gasteiger partial charge in [-0.15, -0.1) is 0 Å². The first-order valence-corrected chi connectivity index (χ1v) is 8.56. The van der Waals surface area contributed by atoms with Gasteiger partial charge >= 0.3 is 5.97 Å². The summed E-state index contributed by atoms with van der Waals surface area (Å²) in [4.78, 5) is 24.1. The molecule has 0 aromatic heterocycles. The number of anilines is 3. The van der Waals surface area contributed by atoms with E-state index in [-0.39, 0.29) is 5.91 Å². The molecule has 6 heteroatoms. The fourth-order valence-corrected chi connectivity index (χ4v) is 2.70. The number of carbonyl (C=O) groups is 2. The lowest BCUT2D eigenvalue weighted by atomic mass is 10.1. The Bertz CT molecular complexity index is 971. The molecule has 3 aromatic rings. The highest BCUT2D eigenvalue weighted by atomic mass is 35.5. The van der Waals surface area contributed by atoms with Crippen molar-refractivity contribution in [3.63, 3.8) is 0 Å². The Kier molecular flexibility index (Phi) is 5.74. The van der Waals surface area contributed by atoms with Crippen molar-refractivity contribution in [2.45, 2.75) is 0 Å². The predicted octanol–water partition coefficient (Wildman–Crippen LogP) is 5.12. The normalized spacial score (nSPS) is 10.1. The standard InChI is InChI=1S/C21H17ClN2O3/c1-27-21(26)18-7-2-3-8-19(18)23-16-9-11-17(12-10-16)24-20(25)14-5-4-6-15(22)13-14/h2-13,23H,1H3,(H,24,25). The van der Waals surface area contributed by atoms with E-state index in [4.69, 9.17) is 16.3 Å². The Morgan fingerprint density at radius 2 is 1.59 bits per heavy atom. The molecule has 5 nitrogen and oxygen atoms in total. The molecule has 136 valence electrons. The lowest BCUT2D eigenvalue weighted by molar-refractivity contribution is 0.0601. The number of para-hydroxylation sites is 1. The molecule has 3 rings (SSSR count). The summed E-state index contributed by atoms with van der Waals surface area (Å²) in [5.41, 5.74) is 2.98. The summed E-state index contributed by atoms with van der Waals surface area (Å²) in [7, 11) is 1.34. The number of rotatable bonds is 5. The van der Waals surface area contributed by atoms with E-state index in [1.165, 1.54) is 7.11 Å². The van der Waals surface area contributed by atoms with Gasteiger partial charge in [0, 0.05) is 22.0 Å². The van der Waals surface area contributed by atoms with E-state index >= 15 is 0 Å². The Labute approximate surface area is 161 Å². The van der Waals surface area contributed by atoms with Crippen molar-refractivity contribution in [1.82, 2.24) is 0 Å². The number of halogens is 1. The number of hydrogen-bond acceptors (Lipinski definition) is 4. The Morgan fingerprint density at radius 1 is 0.889 bits per heavy atom. The number of benzene rings is 3. The van der Waals surface area contributed by atoms with Gasteiger partial charge in [-0.25, -0.2) is 4.79 Å². The van der Waals surface area contributed by atoms with Crippen LogP contribution in [-0.4, -0.2) is 19.0 Å². The van der Waals surface area contributed by atoms with E-state index in [2.05, 4.69) is 10.6 Å². The maximum atomic E-state index is 12.3. The average Bonchev–Trinajstić information content (AvgIpc) is 2.69. The number of esters is 1. The van der Waals surface area contributed by atoms with Gasteiger partial charge in [-0.2, -0.15) is 0 Å². The molecule has 0 aliphatic rings. The van der Waals surface area contributed by atoms with E-state index < -0.39 is 5.97 Å². The molecule has 2 N–H and O–H groups in total. The van der Waals surface area contributed by atoms with Gasteiger partial charge < -0.3 is 15.4 Å². The maximum absolute atomic E-state index is 12.3. The second-order valence-electron chi connectivity index (χ2n) is 5.70. The Balaban J connectivity index is 1.71. The molecule has 0 heterocycles. The number of nitrogens with one attached hydrogen (secondary N) is 2. The summed E-state index contributed by atoms with van der Waals surface area (Å²) >= 11 is 5.91. The first kappa shape index (κ1) is 18.5. The van der Waals surface area contributed by atoms with Crippen LogP contribution >= 0.6 is 11.6 Å². The van der Waals surface area contributed by atoms with Gasteiger partial charge in [0.05, 0.1) is 18.4 Å². The molecule has 27 heavy (non-hydrogen) atoms. The van der Waals surface area contributed by atoms with E-state index in [9.17, 15) is 9.59 Å². The molecular formula is C21H17ClN2O3. The van der Waals surface area contributed by atoms with Crippen LogP contribution in [0.4, 0.5) is 17.1 Å². The average molecular weight is 381 g/mol. The van der Waals surface area contributed by atoms with Crippen LogP contribution in [0.5, 0.6) is 0 Å². The quantitative estimate of drug-likeness (QED) is 0.602. The first-order valence-electron chi connectivity index (χ1n) is 8.18. The summed E-state index contributed by atoms with van der Waals surface area (Å²) in [6.45, 7) is 0. The van der Waals surface area contributed by atoms with Crippen LogP contribution in [0.3, 0.4) is 0 Å². The number of methoxy groups -OCH3 is 1. The highest BCUT2D eigenvalue weighted by molar-refractivity contribution is 6.31. The first-order chi connectivity index (χ1) is 13.1. The molecule has 0 atom stereocenters. The predicted molar refractivity (Wildman–Crippen MR) is 107 cm³/mol. The van der Waals surface area contributed by atoms with E-state index in [1.54, 1.807) is 54.6 Å². The van der Waals surface area contributed by atoms with Crippen LogP contribution in [0.1, 0.15) is 20.7 Å². The second-order valence-corrected chi connectivity index (χ2v) is 6.14. The zero-order valence-electron chi connectivity index (χ0n) is 14.5. The van der Waals surface area contributed by atoms with Gasteiger partial charge in [-0.3, -0.25) is 4.79 Å².